The van der Waals surface area contributed by atoms with Gasteiger partial charge in [-0.25, -0.2) is 0 Å². The molecule has 0 bridgehead atoms. The zero-order chi connectivity index (χ0) is 14.3. The summed E-state index contributed by atoms with van der Waals surface area (Å²) in [6.45, 7) is 12.3. The Morgan fingerprint density at radius 2 is 1.32 bits per heavy atom. The largest absolute Gasteiger partial charge is 0.0995 e. The lowest BCUT2D eigenvalue weighted by molar-refractivity contribution is 0.899. The van der Waals surface area contributed by atoms with Gasteiger partial charge in [0.15, 0.2) is 0 Å². The van der Waals surface area contributed by atoms with E-state index in [1.165, 1.54) is 22.3 Å². The fourth-order valence-electron chi connectivity index (χ4n) is 1.88. The maximum Gasteiger partial charge on any atom is 0.00143 e. The second-order valence-electron chi connectivity index (χ2n) is 4.56. The van der Waals surface area contributed by atoms with Crippen LogP contribution in [0.25, 0.3) is 11.1 Å². The molecule has 0 unspecified atom stereocenters. The Bertz CT molecular complexity index is 491. The summed E-state index contributed by atoms with van der Waals surface area (Å²) in [6, 6.07) is 19.2. The van der Waals surface area contributed by atoms with Gasteiger partial charge in [0.1, 0.15) is 0 Å². The van der Waals surface area contributed by atoms with Crippen molar-refractivity contribution in [2.75, 3.05) is 0 Å². The van der Waals surface area contributed by atoms with Gasteiger partial charge in [-0.15, -0.1) is 0 Å². The molecule has 0 aliphatic heterocycles. The third kappa shape index (κ3) is 4.10. The van der Waals surface area contributed by atoms with E-state index in [1.54, 1.807) is 0 Å². The van der Waals surface area contributed by atoms with Crippen molar-refractivity contribution < 1.29 is 0 Å². The molecule has 19 heavy (non-hydrogen) atoms. The maximum absolute atomic E-state index is 4.01. The van der Waals surface area contributed by atoms with Crippen LogP contribution in [-0.2, 0) is 0 Å². The highest BCUT2D eigenvalue weighted by Gasteiger charge is 2.05. The van der Waals surface area contributed by atoms with Crippen LogP contribution in [0, 0.1) is 0 Å². The van der Waals surface area contributed by atoms with Crippen molar-refractivity contribution in [2.24, 2.45) is 0 Å². The van der Waals surface area contributed by atoms with E-state index in [4.69, 9.17) is 0 Å². The first-order valence-electron chi connectivity index (χ1n) is 6.99. The zero-order valence-electron chi connectivity index (χ0n) is 12.5. The predicted molar refractivity (Wildman–Crippen MR) is 86.5 cm³/mol. The van der Waals surface area contributed by atoms with Crippen LogP contribution in [0.2, 0.25) is 0 Å². The molecule has 0 fully saturated rings. The highest BCUT2D eigenvalue weighted by molar-refractivity contribution is 5.63. The molecule has 100 valence electrons. The Hall–Kier alpha value is -1.82. The van der Waals surface area contributed by atoms with Crippen molar-refractivity contribution in [3.8, 4) is 11.1 Å². The van der Waals surface area contributed by atoms with E-state index < -0.39 is 0 Å². The normalized spacial score (nSPS) is 11.2. The third-order valence-corrected chi connectivity index (χ3v) is 3.26. The summed E-state index contributed by atoms with van der Waals surface area (Å²) in [5.74, 6) is 0.430. The van der Waals surface area contributed by atoms with Crippen LogP contribution in [0.1, 0.15) is 39.2 Å². The smallest absolute Gasteiger partial charge is 0.00143 e. The van der Waals surface area contributed by atoms with Crippen LogP contribution in [0.3, 0.4) is 0 Å². The molecule has 0 radical (unpaired) electrons. The number of hydrogen-bond donors (Lipinski definition) is 0. The SMILES string of the molecule is C=C(C)[C@@H](C)c1ccc(-c2ccccc2)cc1.CC. The van der Waals surface area contributed by atoms with Gasteiger partial charge in [-0.05, 0) is 23.6 Å². The quantitative estimate of drug-likeness (QED) is 0.582. The van der Waals surface area contributed by atoms with Crippen molar-refractivity contribution in [3.63, 3.8) is 0 Å². The molecule has 2 aromatic rings. The molecule has 0 heteroatoms. The monoisotopic (exact) mass is 252 g/mol. The topological polar surface area (TPSA) is 0 Å². The van der Waals surface area contributed by atoms with E-state index in [2.05, 4.69) is 69.0 Å². The fourth-order valence-corrected chi connectivity index (χ4v) is 1.88. The minimum atomic E-state index is 0.430. The lowest BCUT2D eigenvalue weighted by Gasteiger charge is -2.12. The molecule has 2 aromatic carbocycles. The minimum Gasteiger partial charge on any atom is -0.0995 e. The van der Waals surface area contributed by atoms with Gasteiger partial charge in [0.25, 0.3) is 0 Å². The fraction of sp³-hybridized carbons (Fsp3) is 0.263. The van der Waals surface area contributed by atoms with Gasteiger partial charge in [0.2, 0.25) is 0 Å². The molecular formula is C19H24. The summed E-state index contributed by atoms with van der Waals surface area (Å²) in [7, 11) is 0. The van der Waals surface area contributed by atoms with Crippen molar-refractivity contribution in [3.05, 3.63) is 72.3 Å². The van der Waals surface area contributed by atoms with E-state index in [0.29, 0.717) is 5.92 Å². The molecule has 0 saturated carbocycles. The molecule has 0 spiro atoms. The second-order valence-corrected chi connectivity index (χ2v) is 4.56. The summed E-state index contributed by atoms with van der Waals surface area (Å²) < 4.78 is 0. The van der Waals surface area contributed by atoms with E-state index in [-0.39, 0.29) is 0 Å². The van der Waals surface area contributed by atoms with Gasteiger partial charge < -0.3 is 0 Å². The molecule has 0 aliphatic carbocycles. The number of allylic oxidation sites excluding steroid dienone is 1. The lowest BCUT2D eigenvalue weighted by atomic mass is 9.93. The lowest BCUT2D eigenvalue weighted by Crippen LogP contribution is -1.93. The van der Waals surface area contributed by atoms with Crippen LogP contribution in [0.4, 0.5) is 0 Å². The Morgan fingerprint density at radius 3 is 1.79 bits per heavy atom. The maximum atomic E-state index is 4.01. The molecule has 0 aromatic heterocycles. The van der Waals surface area contributed by atoms with Crippen LogP contribution in [-0.4, -0.2) is 0 Å². The van der Waals surface area contributed by atoms with Crippen molar-refractivity contribution in [1.82, 2.24) is 0 Å². The summed E-state index contributed by atoms with van der Waals surface area (Å²) in [5, 5.41) is 0. The van der Waals surface area contributed by atoms with Gasteiger partial charge in [0.05, 0.1) is 0 Å². The first-order valence-corrected chi connectivity index (χ1v) is 6.99. The van der Waals surface area contributed by atoms with Crippen molar-refractivity contribution in [2.45, 2.75) is 33.6 Å². The van der Waals surface area contributed by atoms with Crippen LogP contribution < -0.4 is 0 Å². The number of hydrogen-bond acceptors (Lipinski definition) is 0. The summed E-state index contributed by atoms with van der Waals surface area (Å²) in [6.07, 6.45) is 0. The van der Waals surface area contributed by atoms with Gasteiger partial charge in [-0.1, -0.05) is 87.5 Å². The molecule has 0 aliphatic rings. The van der Waals surface area contributed by atoms with E-state index >= 15 is 0 Å². The van der Waals surface area contributed by atoms with Crippen LogP contribution in [0.5, 0.6) is 0 Å². The molecule has 0 heterocycles. The highest BCUT2D eigenvalue weighted by Crippen LogP contribution is 2.25. The Balaban J connectivity index is 0.000000861. The van der Waals surface area contributed by atoms with Crippen LogP contribution in [0.15, 0.2) is 66.7 Å². The average molecular weight is 252 g/mol. The van der Waals surface area contributed by atoms with E-state index in [1.807, 2.05) is 19.9 Å². The summed E-state index contributed by atoms with van der Waals surface area (Å²) in [5.41, 5.74) is 5.07. The molecule has 0 nitrogen and oxygen atoms in total. The first kappa shape index (κ1) is 15.2. The van der Waals surface area contributed by atoms with Crippen molar-refractivity contribution in [1.29, 1.82) is 0 Å². The Morgan fingerprint density at radius 1 is 0.842 bits per heavy atom. The minimum absolute atomic E-state index is 0.430. The molecular weight excluding hydrogens is 228 g/mol. The molecule has 2 rings (SSSR count). The molecule has 0 saturated heterocycles. The van der Waals surface area contributed by atoms with Gasteiger partial charge in [-0.3, -0.25) is 0 Å². The average Bonchev–Trinajstić information content (AvgIpc) is 2.49. The summed E-state index contributed by atoms with van der Waals surface area (Å²) >= 11 is 0. The molecule has 1 atom stereocenters. The number of rotatable bonds is 3. The second kappa shape index (κ2) is 7.58. The third-order valence-electron chi connectivity index (χ3n) is 3.26. The van der Waals surface area contributed by atoms with Gasteiger partial charge in [0, 0.05) is 5.92 Å². The standard InChI is InChI=1S/C17H18.C2H6/c1-13(2)14(3)15-9-11-17(12-10-15)16-7-5-4-6-8-16;1-2/h4-12,14H,1H2,2-3H3;1-2H3/t14-;/m1./s1. The Kier molecular flexibility index (Phi) is 6.08. The highest BCUT2D eigenvalue weighted by atomic mass is 14.1. The molecule has 0 N–H and O–H groups in total. The molecule has 0 amide bonds. The van der Waals surface area contributed by atoms with E-state index in [9.17, 15) is 0 Å². The van der Waals surface area contributed by atoms with Gasteiger partial charge >= 0.3 is 0 Å². The summed E-state index contributed by atoms with van der Waals surface area (Å²) in [4.78, 5) is 0. The van der Waals surface area contributed by atoms with Crippen molar-refractivity contribution >= 4 is 0 Å². The first-order chi connectivity index (χ1) is 9.18. The van der Waals surface area contributed by atoms with E-state index in [0.717, 1.165) is 0 Å². The predicted octanol–water partition coefficient (Wildman–Crippen LogP) is 6.06. The zero-order valence-corrected chi connectivity index (χ0v) is 12.5. The Labute approximate surface area is 117 Å². The van der Waals surface area contributed by atoms with Gasteiger partial charge in [-0.2, -0.15) is 0 Å². The number of benzene rings is 2. The van der Waals surface area contributed by atoms with Crippen LogP contribution >= 0.6 is 0 Å².